The molecule has 1 heterocycles. The van der Waals surface area contributed by atoms with E-state index in [1.807, 2.05) is 0 Å². The van der Waals surface area contributed by atoms with E-state index in [-0.39, 0.29) is 29.5 Å². The van der Waals surface area contributed by atoms with Gasteiger partial charge in [0, 0.05) is 13.0 Å². The van der Waals surface area contributed by atoms with Gasteiger partial charge >= 0.3 is 0 Å². The van der Waals surface area contributed by atoms with Crippen LogP contribution in [0, 0.1) is 5.82 Å². The van der Waals surface area contributed by atoms with Crippen molar-refractivity contribution >= 4 is 15.7 Å². The Morgan fingerprint density at radius 1 is 1.27 bits per heavy atom. The van der Waals surface area contributed by atoms with Crippen molar-refractivity contribution in [2.24, 2.45) is 0 Å². The maximum Gasteiger partial charge on any atom is 0.219 e. The van der Waals surface area contributed by atoms with Crippen LogP contribution in [0.5, 0.6) is 0 Å². The molecule has 1 aromatic carbocycles. The molecule has 1 atom stereocenters. The van der Waals surface area contributed by atoms with Gasteiger partial charge in [-0.25, -0.2) is 12.8 Å². The number of carbonyl (C=O) groups is 1. The minimum absolute atomic E-state index is 0.0268. The van der Waals surface area contributed by atoms with E-state index in [9.17, 15) is 17.6 Å². The average Bonchev–Trinajstić information content (AvgIpc) is 3.01. The van der Waals surface area contributed by atoms with Crippen LogP contribution in [-0.4, -0.2) is 20.9 Å². The smallest absolute Gasteiger partial charge is 0.219 e. The van der Waals surface area contributed by atoms with Gasteiger partial charge in [-0.2, -0.15) is 0 Å². The van der Waals surface area contributed by atoms with Crippen LogP contribution >= 0.6 is 0 Å². The molecule has 2 aromatic rings. The van der Waals surface area contributed by atoms with Crippen molar-refractivity contribution in [3.63, 3.8) is 0 Å². The Morgan fingerprint density at radius 2 is 1.95 bits per heavy atom. The number of hydrogen-bond acceptors (Lipinski definition) is 4. The van der Waals surface area contributed by atoms with Crippen molar-refractivity contribution < 1.29 is 22.0 Å². The Kier molecular flexibility index (Phi) is 4.97. The van der Waals surface area contributed by atoms with E-state index in [1.54, 1.807) is 13.0 Å². The zero-order chi connectivity index (χ0) is 16.2. The number of hydrogen-bond donors (Lipinski definition) is 1. The third-order valence-corrected chi connectivity index (χ3v) is 5.26. The lowest BCUT2D eigenvalue weighted by Gasteiger charge is -2.16. The molecule has 0 spiro atoms. The van der Waals surface area contributed by atoms with E-state index >= 15 is 0 Å². The van der Waals surface area contributed by atoms with Gasteiger partial charge in [-0.3, -0.25) is 4.79 Å². The first-order valence-corrected chi connectivity index (χ1v) is 8.29. The molecule has 0 aliphatic carbocycles. The molecule has 0 saturated carbocycles. The summed E-state index contributed by atoms with van der Waals surface area (Å²) in [6, 6.07) is 7.66. The average molecular weight is 325 g/mol. The molecule has 1 N–H and O–H groups in total. The van der Waals surface area contributed by atoms with E-state index in [0.717, 1.165) is 12.1 Å². The maximum atomic E-state index is 13.0. The molecule has 5 nitrogen and oxygen atoms in total. The highest BCUT2D eigenvalue weighted by Crippen LogP contribution is 2.29. The van der Waals surface area contributed by atoms with Crippen LogP contribution in [0.25, 0.3) is 0 Å². The molecule has 2 rings (SSSR count). The van der Waals surface area contributed by atoms with Crippen molar-refractivity contribution in [2.45, 2.75) is 23.5 Å². The van der Waals surface area contributed by atoms with Gasteiger partial charge in [0.15, 0.2) is 9.84 Å². The summed E-state index contributed by atoms with van der Waals surface area (Å²) in [6.07, 6.45) is 1.62. The lowest BCUT2D eigenvalue weighted by atomic mass is 10.3. The zero-order valence-electron chi connectivity index (χ0n) is 12.0. The molecule has 0 saturated heterocycles. The second-order valence-electron chi connectivity index (χ2n) is 4.66. The second-order valence-corrected chi connectivity index (χ2v) is 6.79. The van der Waals surface area contributed by atoms with Crippen LogP contribution in [0.2, 0.25) is 0 Å². The summed E-state index contributed by atoms with van der Waals surface area (Å²) in [5, 5.41) is 1.49. The van der Waals surface area contributed by atoms with Gasteiger partial charge in [-0.1, -0.05) is 6.92 Å². The number of halogens is 1. The summed E-state index contributed by atoms with van der Waals surface area (Å²) in [5.74, 6) is -0.556. The third kappa shape index (κ3) is 3.54. The molecule has 1 aromatic heterocycles. The largest absolute Gasteiger partial charge is 0.468 e. The normalized spacial score (nSPS) is 12.8. The van der Waals surface area contributed by atoms with E-state index in [4.69, 9.17) is 4.42 Å². The first kappa shape index (κ1) is 16.2. The van der Waals surface area contributed by atoms with Crippen LogP contribution in [0.1, 0.15) is 24.4 Å². The SMILES string of the molecule is CCC(=O)NC[C@@H](c1ccco1)S(=O)(=O)c1ccc(F)cc1. The summed E-state index contributed by atoms with van der Waals surface area (Å²) in [6.45, 7) is 1.56. The Morgan fingerprint density at radius 3 is 2.50 bits per heavy atom. The summed E-state index contributed by atoms with van der Waals surface area (Å²) in [5.41, 5.74) is 0. The van der Waals surface area contributed by atoms with Gasteiger partial charge in [0.1, 0.15) is 16.8 Å². The first-order valence-electron chi connectivity index (χ1n) is 6.74. The molecule has 0 bridgehead atoms. The summed E-state index contributed by atoms with van der Waals surface area (Å²) in [4.78, 5) is 11.4. The molecule has 0 unspecified atom stereocenters. The number of sulfone groups is 1. The van der Waals surface area contributed by atoms with Crippen LogP contribution in [0.4, 0.5) is 4.39 Å². The molecular formula is C15H16FNO4S. The number of benzene rings is 1. The van der Waals surface area contributed by atoms with E-state index in [2.05, 4.69) is 5.32 Å². The summed E-state index contributed by atoms with van der Waals surface area (Å²) < 4.78 is 43.6. The lowest BCUT2D eigenvalue weighted by molar-refractivity contribution is -0.120. The van der Waals surface area contributed by atoms with Gasteiger partial charge in [0.05, 0.1) is 11.2 Å². The highest BCUT2D eigenvalue weighted by atomic mass is 32.2. The number of rotatable bonds is 6. The third-order valence-electron chi connectivity index (χ3n) is 3.18. The minimum atomic E-state index is -3.82. The van der Waals surface area contributed by atoms with E-state index in [0.29, 0.717) is 0 Å². The minimum Gasteiger partial charge on any atom is -0.468 e. The zero-order valence-corrected chi connectivity index (χ0v) is 12.8. The molecule has 22 heavy (non-hydrogen) atoms. The number of carbonyl (C=O) groups excluding carboxylic acids is 1. The summed E-state index contributed by atoms with van der Waals surface area (Å²) in [7, 11) is -3.82. The molecule has 0 aliphatic heterocycles. The van der Waals surface area contributed by atoms with Gasteiger partial charge in [0.2, 0.25) is 5.91 Å². The Labute approximate surface area is 128 Å². The number of amides is 1. The fraction of sp³-hybridized carbons (Fsp3) is 0.267. The van der Waals surface area contributed by atoms with Gasteiger partial charge in [-0.05, 0) is 36.4 Å². The fourth-order valence-electron chi connectivity index (χ4n) is 1.96. The molecule has 118 valence electrons. The predicted octanol–water partition coefficient (Wildman–Crippen LogP) is 2.46. The fourth-order valence-corrected chi connectivity index (χ4v) is 3.54. The Balaban J connectivity index is 2.35. The highest BCUT2D eigenvalue weighted by Gasteiger charge is 2.31. The van der Waals surface area contributed by atoms with Crippen molar-refractivity contribution in [1.82, 2.24) is 5.32 Å². The van der Waals surface area contributed by atoms with E-state index < -0.39 is 20.9 Å². The monoisotopic (exact) mass is 325 g/mol. The predicted molar refractivity (Wildman–Crippen MR) is 78.3 cm³/mol. The van der Waals surface area contributed by atoms with Crippen molar-refractivity contribution in [3.05, 3.63) is 54.2 Å². The second kappa shape index (κ2) is 6.74. The molecule has 0 aliphatic rings. The van der Waals surface area contributed by atoms with Crippen LogP contribution in [0.15, 0.2) is 52.0 Å². The van der Waals surface area contributed by atoms with Gasteiger partial charge in [-0.15, -0.1) is 0 Å². The van der Waals surface area contributed by atoms with Crippen molar-refractivity contribution in [3.8, 4) is 0 Å². The molecular weight excluding hydrogens is 309 g/mol. The van der Waals surface area contributed by atoms with Crippen LogP contribution < -0.4 is 5.32 Å². The Hall–Kier alpha value is -2.15. The van der Waals surface area contributed by atoms with Gasteiger partial charge in [0.25, 0.3) is 0 Å². The quantitative estimate of drug-likeness (QED) is 0.828. The first-order chi connectivity index (χ1) is 10.4. The van der Waals surface area contributed by atoms with Crippen molar-refractivity contribution in [2.75, 3.05) is 6.54 Å². The van der Waals surface area contributed by atoms with Gasteiger partial charge < -0.3 is 9.73 Å². The van der Waals surface area contributed by atoms with Crippen LogP contribution in [0.3, 0.4) is 0 Å². The summed E-state index contributed by atoms with van der Waals surface area (Å²) >= 11 is 0. The lowest BCUT2D eigenvalue weighted by Crippen LogP contribution is -2.31. The standard InChI is InChI=1S/C15H16FNO4S/c1-2-15(18)17-10-14(13-4-3-9-21-13)22(19,20)12-7-5-11(16)6-8-12/h3-9,14H,2,10H2,1H3,(H,17,18)/t14-/m0/s1. The highest BCUT2D eigenvalue weighted by molar-refractivity contribution is 7.91. The molecule has 0 radical (unpaired) electrons. The topological polar surface area (TPSA) is 76.4 Å². The molecule has 7 heteroatoms. The van der Waals surface area contributed by atoms with Crippen molar-refractivity contribution in [1.29, 1.82) is 0 Å². The molecule has 0 fully saturated rings. The molecule has 1 amide bonds. The van der Waals surface area contributed by atoms with E-state index in [1.165, 1.54) is 24.5 Å². The number of nitrogens with one attached hydrogen (secondary N) is 1. The number of furan rings is 1. The van der Waals surface area contributed by atoms with Crippen LogP contribution in [-0.2, 0) is 14.6 Å². The Bertz CT molecular complexity index is 723. The maximum absolute atomic E-state index is 13.0.